The summed E-state index contributed by atoms with van der Waals surface area (Å²) in [5.41, 5.74) is 1.21. The molecule has 0 radical (unpaired) electrons. The van der Waals surface area contributed by atoms with Crippen molar-refractivity contribution < 1.29 is 15.0 Å². The minimum atomic E-state index is -0.843. The second-order valence-electron chi connectivity index (χ2n) is 5.56. The van der Waals surface area contributed by atoms with E-state index in [0.717, 1.165) is 18.4 Å². The fourth-order valence-corrected chi connectivity index (χ4v) is 2.67. The van der Waals surface area contributed by atoms with E-state index in [4.69, 9.17) is 0 Å². The first-order valence-corrected chi connectivity index (χ1v) is 6.73. The number of aliphatic hydroxyl groups is 1. The first kappa shape index (κ1) is 13.9. The zero-order valence-electron chi connectivity index (χ0n) is 11.5. The van der Waals surface area contributed by atoms with Crippen molar-refractivity contribution in [3.8, 4) is 5.75 Å². The topological polar surface area (TPSA) is 69.6 Å². The molecular weight excluding hydrogens is 242 g/mol. The molecule has 4 heteroatoms. The van der Waals surface area contributed by atoms with Crippen LogP contribution < -0.4 is 5.32 Å². The van der Waals surface area contributed by atoms with Crippen LogP contribution in [0.1, 0.15) is 43.2 Å². The molecule has 0 atom stereocenters. The Hall–Kier alpha value is -1.55. The van der Waals surface area contributed by atoms with Gasteiger partial charge in [-0.1, -0.05) is 18.9 Å². The molecule has 104 valence electrons. The second-order valence-corrected chi connectivity index (χ2v) is 5.56. The van der Waals surface area contributed by atoms with Crippen LogP contribution in [0.2, 0.25) is 0 Å². The van der Waals surface area contributed by atoms with E-state index in [2.05, 4.69) is 5.32 Å². The molecule has 1 fully saturated rings. The number of hydrogen-bond donors (Lipinski definition) is 3. The van der Waals surface area contributed by atoms with Gasteiger partial charge >= 0.3 is 0 Å². The van der Waals surface area contributed by atoms with Crippen molar-refractivity contribution in [3.63, 3.8) is 0 Å². The molecule has 0 heterocycles. The predicted molar refractivity (Wildman–Crippen MR) is 74.2 cm³/mol. The van der Waals surface area contributed by atoms with E-state index >= 15 is 0 Å². The van der Waals surface area contributed by atoms with Gasteiger partial charge in [0.25, 0.3) is 0 Å². The molecule has 3 N–H and O–H groups in total. The maximum Gasteiger partial charge on any atom is 0.227 e. The summed E-state index contributed by atoms with van der Waals surface area (Å²) >= 11 is 0. The summed E-state index contributed by atoms with van der Waals surface area (Å²) in [4.78, 5) is 12.0. The molecule has 2 rings (SSSR count). The number of rotatable bonds is 3. The molecule has 19 heavy (non-hydrogen) atoms. The van der Waals surface area contributed by atoms with Crippen LogP contribution in [0.25, 0.3) is 0 Å². The van der Waals surface area contributed by atoms with Crippen LogP contribution in [0.15, 0.2) is 12.1 Å². The Morgan fingerprint density at radius 1 is 1.32 bits per heavy atom. The van der Waals surface area contributed by atoms with Gasteiger partial charge in [-0.05, 0) is 38.3 Å². The number of aromatic hydroxyl groups is 1. The normalized spacial score (nSPS) is 17.4. The molecule has 4 nitrogen and oxygen atoms in total. The second kappa shape index (κ2) is 5.21. The molecule has 0 spiro atoms. The minimum absolute atomic E-state index is 0.126. The number of carbonyl (C=O) groups excluding carboxylic acids is 1. The van der Waals surface area contributed by atoms with Gasteiger partial charge < -0.3 is 15.5 Å². The van der Waals surface area contributed by atoms with Crippen LogP contribution in [0.4, 0.5) is 5.69 Å². The highest BCUT2D eigenvalue weighted by molar-refractivity contribution is 5.92. The number of anilines is 1. The number of amides is 1. The zero-order chi connectivity index (χ0) is 14.0. The quantitative estimate of drug-likeness (QED) is 0.785. The largest absolute Gasteiger partial charge is 0.507 e. The molecule has 0 aromatic heterocycles. The third kappa shape index (κ3) is 3.07. The van der Waals surface area contributed by atoms with Crippen molar-refractivity contribution >= 4 is 11.6 Å². The molecule has 1 aliphatic rings. The lowest BCUT2D eigenvalue weighted by molar-refractivity contribution is -0.120. The van der Waals surface area contributed by atoms with Gasteiger partial charge in [-0.15, -0.1) is 0 Å². The van der Waals surface area contributed by atoms with Crippen LogP contribution in [0.3, 0.4) is 0 Å². The van der Waals surface area contributed by atoms with Crippen molar-refractivity contribution in [2.24, 2.45) is 0 Å². The van der Waals surface area contributed by atoms with E-state index < -0.39 is 5.60 Å². The van der Waals surface area contributed by atoms with Gasteiger partial charge in [-0.3, -0.25) is 4.79 Å². The lowest BCUT2D eigenvalue weighted by Gasteiger charge is -2.21. The number of phenolic OH excluding ortho intramolecular Hbond substituents is 1. The monoisotopic (exact) mass is 263 g/mol. The molecule has 1 aromatic carbocycles. The van der Waals surface area contributed by atoms with Crippen molar-refractivity contribution in [2.75, 3.05) is 5.32 Å². The third-order valence-corrected chi connectivity index (χ3v) is 3.93. The summed E-state index contributed by atoms with van der Waals surface area (Å²) in [5.74, 6) is 0.00753. The maximum atomic E-state index is 12.0. The highest BCUT2D eigenvalue weighted by atomic mass is 16.3. The van der Waals surface area contributed by atoms with Crippen LogP contribution in [-0.4, -0.2) is 21.7 Å². The standard InChI is InChI=1S/C15H21NO3/c1-10-5-6-12(11(2)14(10)18)16-13(17)9-15(19)7-3-4-8-15/h5-6,18-19H,3-4,7-9H2,1-2H3,(H,16,17). The summed E-state index contributed by atoms with van der Waals surface area (Å²) in [6.45, 7) is 3.58. The summed E-state index contributed by atoms with van der Waals surface area (Å²) in [6, 6.07) is 3.54. The van der Waals surface area contributed by atoms with Gasteiger partial charge in [-0.2, -0.15) is 0 Å². The zero-order valence-corrected chi connectivity index (χ0v) is 11.5. The van der Waals surface area contributed by atoms with Crippen LogP contribution in [-0.2, 0) is 4.79 Å². The Balaban J connectivity index is 2.05. The number of benzene rings is 1. The number of hydrogen-bond acceptors (Lipinski definition) is 3. The summed E-state index contributed by atoms with van der Waals surface area (Å²) in [6.07, 6.45) is 3.47. The van der Waals surface area contributed by atoms with Gasteiger partial charge in [0.05, 0.1) is 12.0 Å². The van der Waals surface area contributed by atoms with E-state index in [1.807, 2.05) is 6.92 Å². The molecule has 0 unspecified atom stereocenters. The van der Waals surface area contributed by atoms with Gasteiger partial charge in [0.15, 0.2) is 0 Å². The van der Waals surface area contributed by atoms with Crippen LogP contribution >= 0.6 is 0 Å². The van der Waals surface area contributed by atoms with Crippen LogP contribution in [0, 0.1) is 13.8 Å². The first-order valence-electron chi connectivity index (χ1n) is 6.73. The molecular formula is C15H21NO3. The van der Waals surface area contributed by atoms with E-state index in [1.54, 1.807) is 19.1 Å². The SMILES string of the molecule is Cc1ccc(NC(=O)CC2(O)CCCC2)c(C)c1O. The van der Waals surface area contributed by atoms with Crippen LogP contribution in [0.5, 0.6) is 5.75 Å². The van der Waals surface area contributed by atoms with E-state index in [1.165, 1.54) is 0 Å². The van der Waals surface area contributed by atoms with Crippen molar-refractivity contribution in [3.05, 3.63) is 23.3 Å². The predicted octanol–water partition coefficient (Wildman–Crippen LogP) is 2.64. The molecule has 0 aliphatic heterocycles. The Bertz CT molecular complexity index is 490. The average Bonchev–Trinajstić information content (AvgIpc) is 2.76. The smallest absolute Gasteiger partial charge is 0.227 e. The van der Waals surface area contributed by atoms with Gasteiger partial charge in [-0.25, -0.2) is 0 Å². The Morgan fingerprint density at radius 3 is 2.58 bits per heavy atom. The third-order valence-electron chi connectivity index (χ3n) is 3.93. The van der Waals surface area contributed by atoms with Gasteiger partial charge in [0, 0.05) is 11.3 Å². The molecule has 1 aliphatic carbocycles. The molecule has 0 saturated heterocycles. The number of nitrogens with one attached hydrogen (secondary N) is 1. The Labute approximate surface area is 113 Å². The van der Waals surface area contributed by atoms with Crippen molar-refractivity contribution in [2.45, 2.75) is 51.6 Å². The summed E-state index contributed by atoms with van der Waals surface area (Å²) in [5, 5.41) is 22.8. The van der Waals surface area contributed by atoms with E-state index in [9.17, 15) is 15.0 Å². The maximum absolute atomic E-state index is 12.0. The Kier molecular flexibility index (Phi) is 3.80. The molecule has 1 saturated carbocycles. The number of carbonyl (C=O) groups is 1. The lowest BCUT2D eigenvalue weighted by atomic mass is 9.97. The highest BCUT2D eigenvalue weighted by Crippen LogP contribution is 2.33. The highest BCUT2D eigenvalue weighted by Gasteiger charge is 2.33. The van der Waals surface area contributed by atoms with Crippen molar-refractivity contribution in [1.82, 2.24) is 0 Å². The summed E-state index contributed by atoms with van der Waals surface area (Å²) < 4.78 is 0. The van der Waals surface area contributed by atoms with Crippen molar-refractivity contribution in [1.29, 1.82) is 0 Å². The molecule has 1 amide bonds. The average molecular weight is 263 g/mol. The molecule has 1 aromatic rings. The van der Waals surface area contributed by atoms with Gasteiger partial charge in [0.2, 0.25) is 5.91 Å². The number of phenols is 1. The lowest BCUT2D eigenvalue weighted by Crippen LogP contribution is -2.30. The first-order chi connectivity index (χ1) is 8.91. The Morgan fingerprint density at radius 2 is 1.95 bits per heavy atom. The molecule has 0 bridgehead atoms. The van der Waals surface area contributed by atoms with E-state index in [-0.39, 0.29) is 18.1 Å². The van der Waals surface area contributed by atoms with Gasteiger partial charge in [0.1, 0.15) is 5.75 Å². The minimum Gasteiger partial charge on any atom is -0.507 e. The number of aryl methyl sites for hydroxylation is 1. The fourth-order valence-electron chi connectivity index (χ4n) is 2.67. The van der Waals surface area contributed by atoms with E-state index in [0.29, 0.717) is 24.1 Å². The fraction of sp³-hybridized carbons (Fsp3) is 0.533. The summed E-state index contributed by atoms with van der Waals surface area (Å²) in [7, 11) is 0.